The van der Waals surface area contributed by atoms with Crippen LogP contribution in [-0.2, 0) is 0 Å². The predicted molar refractivity (Wildman–Crippen MR) is 95.0 cm³/mol. The first-order valence-electron chi connectivity index (χ1n) is 8.22. The quantitative estimate of drug-likeness (QED) is 0.763. The lowest BCUT2D eigenvalue weighted by Gasteiger charge is -2.36. The molecule has 0 saturated carbocycles. The minimum Gasteiger partial charge on any atom is -0.404 e. The smallest absolute Gasteiger partial charge is 0.404 e. The molecular weight excluding hydrogens is 413 g/mol. The topological polar surface area (TPSA) is 45.6 Å². The lowest BCUT2D eigenvalue weighted by molar-refractivity contribution is -0.274. The third-order valence-corrected chi connectivity index (χ3v) is 4.99. The van der Waals surface area contributed by atoms with Gasteiger partial charge in [0.2, 0.25) is 0 Å². The number of hydrogen-bond acceptors (Lipinski definition) is 4. The fourth-order valence-electron chi connectivity index (χ4n) is 3.23. The monoisotopic (exact) mass is 430 g/mol. The van der Waals surface area contributed by atoms with E-state index in [0.717, 1.165) is 5.56 Å². The van der Waals surface area contributed by atoms with Crippen LogP contribution in [0.1, 0.15) is 24.5 Å². The lowest BCUT2D eigenvalue weighted by atomic mass is 9.88. The maximum absolute atomic E-state index is 12.7. The Morgan fingerprint density at radius 3 is 2.58 bits per heavy atom. The van der Waals surface area contributed by atoms with Crippen LogP contribution in [0.25, 0.3) is 0 Å². The number of aliphatic hydroxyl groups is 1. The Balaban J connectivity index is 1.71. The number of rotatable bonds is 4. The van der Waals surface area contributed by atoms with Gasteiger partial charge in [-0.15, -0.1) is 13.2 Å². The Kier molecular flexibility index (Phi) is 5.72. The van der Waals surface area contributed by atoms with Crippen molar-refractivity contribution in [3.8, 4) is 5.75 Å². The van der Waals surface area contributed by atoms with Gasteiger partial charge in [-0.2, -0.15) is 0 Å². The highest BCUT2D eigenvalue weighted by Crippen LogP contribution is 2.38. The van der Waals surface area contributed by atoms with Crippen LogP contribution >= 0.6 is 15.9 Å². The van der Waals surface area contributed by atoms with Gasteiger partial charge in [0.15, 0.2) is 5.75 Å². The molecule has 0 bridgehead atoms. The van der Waals surface area contributed by atoms with Crippen LogP contribution in [0.3, 0.4) is 0 Å². The summed E-state index contributed by atoms with van der Waals surface area (Å²) in [7, 11) is 0. The van der Waals surface area contributed by atoms with Crippen molar-refractivity contribution in [2.75, 3.05) is 18.0 Å². The van der Waals surface area contributed by atoms with Crippen molar-refractivity contribution in [2.45, 2.75) is 25.3 Å². The Hall–Kier alpha value is -1.80. The number of aliphatic hydroxyl groups excluding tert-OH is 1. The van der Waals surface area contributed by atoms with Crippen LogP contribution in [0.15, 0.2) is 47.2 Å². The molecule has 0 amide bonds. The molecule has 2 aromatic rings. The van der Waals surface area contributed by atoms with Crippen molar-refractivity contribution in [1.29, 1.82) is 0 Å². The summed E-state index contributed by atoms with van der Waals surface area (Å²) in [5.74, 6) is -0.179. The van der Waals surface area contributed by atoms with Gasteiger partial charge in [-0.25, -0.2) is 0 Å². The van der Waals surface area contributed by atoms with Crippen molar-refractivity contribution in [3.63, 3.8) is 0 Å². The minimum absolute atomic E-state index is 0.0367. The van der Waals surface area contributed by atoms with E-state index in [4.69, 9.17) is 0 Å². The molecule has 1 aliphatic heterocycles. The summed E-state index contributed by atoms with van der Waals surface area (Å²) >= 11 is 3.30. The molecule has 1 fully saturated rings. The third-order valence-electron chi connectivity index (χ3n) is 4.50. The van der Waals surface area contributed by atoms with Gasteiger partial charge in [0.1, 0.15) is 0 Å². The molecule has 0 aliphatic carbocycles. The van der Waals surface area contributed by atoms with Crippen molar-refractivity contribution in [3.05, 3.63) is 52.8 Å². The first-order valence-corrected chi connectivity index (χ1v) is 9.01. The van der Waals surface area contributed by atoms with E-state index < -0.39 is 12.5 Å². The molecule has 1 aromatic heterocycles. The number of piperidine rings is 1. The second-order valence-electron chi connectivity index (χ2n) is 6.22. The zero-order valence-corrected chi connectivity index (χ0v) is 15.4. The van der Waals surface area contributed by atoms with Gasteiger partial charge < -0.3 is 14.7 Å². The van der Waals surface area contributed by atoms with Crippen LogP contribution in [0.2, 0.25) is 0 Å². The molecule has 140 valence electrons. The fraction of sp³-hybridized carbons (Fsp3) is 0.389. The second-order valence-corrected chi connectivity index (χ2v) is 7.13. The maximum Gasteiger partial charge on any atom is 0.573 e. The molecule has 0 unspecified atom stereocenters. The molecule has 0 spiro atoms. The Morgan fingerprint density at radius 1 is 1.23 bits per heavy atom. The molecule has 2 heterocycles. The van der Waals surface area contributed by atoms with E-state index in [-0.39, 0.29) is 11.7 Å². The molecular formula is C18H18BrF3N2O2. The van der Waals surface area contributed by atoms with Gasteiger partial charge >= 0.3 is 6.36 Å². The summed E-state index contributed by atoms with van der Waals surface area (Å²) in [4.78, 5) is 5.88. The molecule has 3 rings (SSSR count). The summed E-state index contributed by atoms with van der Waals surface area (Å²) in [6, 6.07) is 8.05. The van der Waals surface area contributed by atoms with E-state index in [0.29, 0.717) is 36.1 Å². The number of aromatic nitrogens is 1. The summed E-state index contributed by atoms with van der Waals surface area (Å²) in [6.45, 7) is 1.07. The van der Waals surface area contributed by atoms with Crippen LogP contribution in [-0.4, -0.2) is 29.5 Å². The highest BCUT2D eigenvalue weighted by atomic mass is 79.9. The average Bonchev–Trinajstić information content (AvgIpc) is 2.62. The number of nitrogens with zero attached hydrogens (tertiary/aromatic N) is 2. The first-order chi connectivity index (χ1) is 12.3. The fourth-order valence-corrected chi connectivity index (χ4v) is 3.58. The highest BCUT2D eigenvalue weighted by molar-refractivity contribution is 9.10. The highest BCUT2D eigenvalue weighted by Gasteiger charge is 2.34. The van der Waals surface area contributed by atoms with Gasteiger partial charge in [0.05, 0.1) is 11.8 Å². The molecule has 0 radical (unpaired) electrons. The molecule has 1 atom stereocenters. The molecule has 4 nitrogen and oxygen atoms in total. The summed E-state index contributed by atoms with van der Waals surface area (Å²) in [5, 5.41) is 10.5. The summed E-state index contributed by atoms with van der Waals surface area (Å²) < 4.78 is 42.8. The molecule has 1 aliphatic rings. The molecule has 8 heteroatoms. The van der Waals surface area contributed by atoms with E-state index in [1.54, 1.807) is 24.5 Å². The number of alkyl halides is 3. The standard InChI is InChI=1S/C18H18BrF3N2O2/c19-14-3-4-16(26-18(20,21)22)15(10-14)24-8-5-12(6-9-24)17(25)13-2-1-7-23-11-13/h1-4,7,10-12,17,25H,5-6,8-9H2/t17-/m0/s1. The van der Waals surface area contributed by atoms with Crippen molar-refractivity contribution in [2.24, 2.45) is 5.92 Å². The van der Waals surface area contributed by atoms with E-state index in [1.165, 1.54) is 12.1 Å². The number of halogens is 4. The van der Waals surface area contributed by atoms with Gasteiger partial charge in [-0.1, -0.05) is 22.0 Å². The van der Waals surface area contributed by atoms with Crippen LogP contribution in [0.5, 0.6) is 5.75 Å². The zero-order chi connectivity index (χ0) is 18.7. The predicted octanol–water partition coefficient (Wildman–Crippen LogP) is 4.69. The van der Waals surface area contributed by atoms with Gasteiger partial charge in [-0.05, 0) is 48.6 Å². The van der Waals surface area contributed by atoms with E-state index in [9.17, 15) is 18.3 Å². The Bertz CT molecular complexity index is 735. The van der Waals surface area contributed by atoms with Crippen molar-refractivity contribution in [1.82, 2.24) is 4.98 Å². The Morgan fingerprint density at radius 2 is 1.96 bits per heavy atom. The summed E-state index contributed by atoms with van der Waals surface area (Å²) in [5.41, 5.74) is 1.15. The number of benzene rings is 1. The number of hydrogen-bond donors (Lipinski definition) is 1. The van der Waals surface area contributed by atoms with Gasteiger partial charge in [-0.3, -0.25) is 4.98 Å². The lowest BCUT2D eigenvalue weighted by Crippen LogP contribution is -2.36. The van der Waals surface area contributed by atoms with E-state index >= 15 is 0 Å². The zero-order valence-electron chi connectivity index (χ0n) is 13.8. The number of ether oxygens (including phenoxy) is 1. The molecule has 1 saturated heterocycles. The third kappa shape index (κ3) is 4.67. The maximum atomic E-state index is 12.7. The SMILES string of the molecule is O[C@H](c1cccnc1)C1CCN(c2cc(Br)ccc2OC(F)(F)F)CC1. The van der Waals surface area contributed by atoms with Crippen LogP contribution < -0.4 is 9.64 Å². The molecule has 1 aromatic carbocycles. The summed E-state index contributed by atoms with van der Waals surface area (Å²) in [6.07, 6.45) is -0.756. The van der Waals surface area contributed by atoms with Crippen LogP contribution in [0, 0.1) is 5.92 Å². The normalized spacial score (nSPS) is 17.2. The van der Waals surface area contributed by atoms with Crippen LogP contribution in [0.4, 0.5) is 18.9 Å². The van der Waals surface area contributed by atoms with E-state index in [2.05, 4.69) is 25.7 Å². The van der Waals surface area contributed by atoms with E-state index in [1.807, 2.05) is 11.0 Å². The van der Waals surface area contributed by atoms with Crippen molar-refractivity contribution >= 4 is 21.6 Å². The minimum atomic E-state index is -4.74. The molecule has 26 heavy (non-hydrogen) atoms. The Labute approximate surface area is 157 Å². The van der Waals surface area contributed by atoms with Crippen molar-refractivity contribution < 1.29 is 23.0 Å². The second kappa shape index (κ2) is 7.84. The number of pyridine rings is 1. The van der Waals surface area contributed by atoms with Gasteiger partial charge in [0, 0.05) is 30.0 Å². The molecule has 1 N–H and O–H groups in total. The van der Waals surface area contributed by atoms with Gasteiger partial charge in [0.25, 0.3) is 0 Å². The number of anilines is 1. The largest absolute Gasteiger partial charge is 0.573 e. The first kappa shape index (κ1) is 19.0. The average molecular weight is 431 g/mol.